The summed E-state index contributed by atoms with van der Waals surface area (Å²) >= 11 is 0. The lowest BCUT2D eigenvalue weighted by molar-refractivity contribution is 0.622. The molecule has 0 amide bonds. The topological polar surface area (TPSA) is 29.1 Å². The molecule has 3 heteroatoms. The average molecular weight is 277 g/mol. The van der Waals surface area contributed by atoms with Crippen molar-refractivity contribution in [3.05, 3.63) is 54.6 Å². The number of benzene rings is 1. The van der Waals surface area contributed by atoms with Crippen molar-refractivity contribution in [1.82, 2.24) is 4.72 Å². The highest BCUT2D eigenvalue weighted by Gasteiger charge is 2.21. The van der Waals surface area contributed by atoms with Gasteiger partial charge in [0.25, 0.3) is 0 Å². The highest BCUT2D eigenvalue weighted by atomic mass is 32.2. The molecule has 1 aromatic rings. The molecule has 0 heterocycles. The quantitative estimate of drug-likeness (QED) is 0.789. The van der Waals surface area contributed by atoms with Crippen LogP contribution in [-0.2, 0) is 11.0 Å². The molecule has 0 aliphatic heterocycles. The predicted octanol–water partition coefficient (Wildman–Crippen LogP) is 3.70. The van der Waals surface area contributed by atoms with E-state index in [1.54, 1.807) is 0 Å². The van der Waals surface area contributed by atoms with Gasteiger partial charge in [-0.2, -0.15) is 0 Å². The van der Waals surface area contributed by atoms with Crippen LogP contribution in [0, 0.1) is 0 Å². The van der Waals surface area contributed by atoms with E-state index in [-0.39, 0.29) is 10.8 Å². The molecular formula is C16H23NOS. The molecule has 1 aromatic carbocycles. The molecule has 0 aliphatic carbocycles. The molecule has 1 N–H and O–H groups in total. The maximum atomic E-state index is 12.1. The largest absolute Gasteiger partial charge is 0.242 e. The second-order valence-electron chi connectivity index (χ2n) is 5.40. The van der Waals surface area contributed by atoms with E-state index in [1.807, 2.05) is 69.3 Å². The minimum Gasteiger partial charge on any atom is -0.242 e. The first-order chi connectivity index (χ1) is 8.93. The third-order valence-electron chi connectivity index (χ3n) is 2.56. The van der Waals surface area contributed by atoms with Crippen LogP contribution in [0.3, 0.4) is 0 Å². The minimum absolute atomic E-state index is 0.0396. The Morgan fingerprint density at radius 2 is 1.95 bits per heavy atom. The van der Waals surface area contributed by atoms with Crippen molar-refractivity contribution in [1.29, 1.82) is 0 Å². The Balaban J connectivity index is 2.71. The van der Waals surface area contributed by atoms with Gasteiger partial charge in [-0.15, -0.1) is 6.58 Å². The maximum Gasteiger partial charge on any atom is 0.0975 e. The molecule has 0 aromatic heterocycles. The normalized spacial score (nSPS) is 15.3. The van der Waals surface area contributed by atoms with E-state index in [0.717, 1.165) is 12.0 Å². The predicted molar refractivity (Wildman–Crippen MR) is 85.1 cm³/mol. The molecule has 0 unspecified atom stereocenters. The summed E-state index contributed by atoms with van der Waals surface area (Å²) in [6, 6.07) is 10.1. The molecule has 0 saturated carbocycles. The summed E-state index contributed by atoms with van der Waals surface area (Å²) in [5.41, 5.74) is 1.14. The molecule has 104 valence electrons. The van der Waals surface area contributed by atoms with Crippen molar-refractivity contribution in [3.63, 3.8) is 0 Å². The van der Waals surface area contributed by atoms with Crippen molar-refractivity contribution in [2.24, 2.45) is 0 Å². The van der Waals surface area contributed by atoms with Crippen LogP contribution in [0.15, 0.2) is 49.1 Å². The summed E-state index contributed by atoms with van der Waals surface area (Å²) in [4.78, 5) is 0. The van der Waals surface area contributed by atoms with Gasteiger partial charge in [0.15, 0.2) is 0 Å². The van der Waals surface area contributed by atoms with Gasteiger partial charge in [-0.25, -0.2) is 8.93 Å². The van der Waals surface area contributed by atoms with Crippen LogP contribution in [0.2, 0.25) is 0 Å². The molecular weight excluding hydrogens is 254 g/mol. The van der Waals surface area contributed by atoms with Crippen LogP contribution in [0.1, 0.15) is 32.8 Å². The number of nitrogens with one attached hydrogen (secondary N) is 1. The van der Waals surface area contributed by atoms with E-state index in [2.05, 4.69) is 11.3 Å². The standard InChI is InChI=1S/C16H23NOS/c1-5-9-15(17-19(18)16(2,3)4)13-12-14-10-7-6-8-11-14/h5-8,10-13,15,17H,1,9H2,2-4H3/b13-12+/t15-,19+/m1/s1. The van der Waals surface area contributed by atoms with Crippen LogP contribution in [0.4, 0.5) is 0 Å². The fourth-order valence-corrected chi connectivity index (χ4v) is 2.25. The van der Waals surface area contributed by atoms with Crippen molar-refractivity contribution < 1.29 is 4.21 Å². The van der Waals surface area contributed by atoms with Crippen molar-refractivity contribution in [2.75, 3.05) is 0 Å². The van der Waals surface area contributed by atoms with Gasteiger partial charge in [0, 0.05) is 6.04 Å². The molecule has 19 heavy (non-hydrogen) atoms. The van der Waals surface area contributed by atoms with E-state index >= 15 is 0 Å². The lowest BCUT2D eigenvalue weighted by Gasteiger charge is -2.21. The SMILES string of the molecule is C=CC[C@H](/C=C/c1ccccc1)N[S@@](=O)C(C)(C)C. The Morgan fingerprint density at radius 3 is 2.47 bits per heavy atom. The van der Waals surface area contributed by atoms with Crippen molar-refractivity contribution >= 4 is 17.1 Å². The molecule has 0 bridgehead atoms. The van der Waals surface area contributed by atoms with Gasteiger partial charge in [-0.05, 0) is 32.8 Å². The Kier molecular flexibility index (Phi) is 6.19. The maximum absolute atomic E-state index is 12.1. The van der Waals surface area contributed by atoms with Crippen LogP contribution >= 0.6 is 0 Å². The second kappa shape index (κ2) is 7.41. The third kappa shape index (κ3) is 5.99. The van der Waals surface area contributed by atoms with Crippen molar-refractivity contribution in [3.8, 4) is 0 Å². The lowest BCUT2D eigenvalue weighted by atomic mass is 10.1. The highest BCUT2D eigenvalue weighted by Crippen LogP contribution is 2.11. The average Bonchev–Trinajstić information content (AvgIpc) is 2.36. The lowest BCUT2D eigenvalue weighted by Crippen LogP contribution is -2.38. The smallest absolute Gasteiger partial charge is 0.0975 e. The molecule has 0 saturated heterocycles. The minimum atomic E-state index is -1.08. The number of rotatable bonds is 6. The zero-order valence-corrected chi connectivity index (χ0v) is 12.7. The van der Waals surface area contributed by atoms with E-state index < -0.39 is 11.0 Å². The highest BCUT2D eigenvalue weighted by molar-refractivity contribution is 7.84. The first kappa shape index (κ1) is 15.9. The van der Waals surface area contributed by atoms with Crippen LogP contribution in [0.25, 0.3) is 6.08 Å². The van der Waals surface area contributed by atoms with E-state index in [4.69, 9.17) is 0 Å². The Bertz CT molecular complexity index is 446. The molecule has 0 spiro atoms. The van der Waals surface area contributed by atoms with Crippen LogP contribution < -0.4 is 4.72 Å². The number of hydrogen-bond donors (Lipinski definition) is 1. The number of hydrogen-bond acceptors (Lipinski definition) is 1. The first-order valence-corrected chi connectivity index (χ1v) is 7.60. The van der Waals surface area contributed by atoms with E-state index in [1.165, 1.54) is 0 Å². The van der Waals surface area contributed by atoms with Gasteiger partial charge >= 0.3 is 0 Å². The molecule has 0 radical (unpaired) electrons. The van der Waals surface area contributed by atoms with E-state index in [9.17, 15) is 4.21 Å². The summed E-state index contributed by atoms with van der Waals surface area (Å²) in [6.45, 7) is 9.63. The zero-order valence-electron chi connectivity index (χ0n) is 11.9. The fraction of sp³-hybridized carbons (Fsp3) is 0.375. The second-order valence-corrected chi connectivity index (χ2v) is 7.40. The Morgan fingerprint density at radius 1 is 1.32 bits per heavy atom. The van der Waals surface area contributed by atoms with Gasteiger partial charge in [0.1, 0.15) is 0 Å². The monoisotopic (exact) mass is 277 g/mol. The van der Waals surface area contributed by atoms with Gasteiger partial charge in [0.05, 0.1) is 15.7 Å². The van der Waals surface area contributed by atoms with Gasteiger partial charge in [-0.1, -0.05) is 48.6 Å². The summed E-state index contributed by atoms with van der Waals surface area (Å²) in [7, 11) is -1.08. The molecule has 1 rings (SSSR count). The molecule has 0 fully saturated rings. The summed E-state index contributed by atoms with van der Waals surface area (Å²) < 4.78 is 15.0. The van der Waals surface area contributed by atoms with Crippen LogP contribution in [0.5, 0.6) is 0 Å². The van der Waals surface area contributed by atoms with Crippen LogP contribution in [-0.4, -0.2) is 15.0 Å². The van der Waals surface area contributed by atoms with Gasteiger partial charge in [0.2, 0.25) is 0 Å². The molecule has 0 aliphatic rings. The molecule has 2 nitrogen and oxygen atoms in total. The summed E-state index contributed by atoms with van der Waals surface area (Å²) in [5, 5.41) is 0. The summed E-state index contributed by atoms with van der Waals surface area (Å²) in [6.07, 6.45) is 6.68. The first-order valence-electron chi connectivity index (χ1n) is 6.45. The fourth-order valence-electron chi connectivity index (χ4n) is 1.45. The van der Waals surface area contributed by atoms with Gasteiger partial charge < -0.3 is 0 Å². The van der Waals surface area contributed by atoms with Crippen molar-refractivity contribution in [2.45, 2.75) is 38.0 Å². The summed E-state index contributed by atoms with van der Waals surface area (Å²) in [5.74, 6) is 0. The third-order valence-corrected chi connectivity index (χ3v) is 4.18. The molecule has 2 atom stereocenters. The van der Waals surface area contributed by atoms with Gasteiger partial charge in [-0.3, -0.25) is 0 Å². The Labute approximate surface area is 119 Å². The van der Waals surface area contributed by atoms with E-state index in [0.29, 0.717) is 0 Å². The zero-order chi connectivity index (χ0) is 14.3. The Hall–Kier alpha value is -1.19.